The van der Waals surface area contributed by atoms with E-state index >= 15 is 0 Å². The first kappa shape index (κ1) is 18.1. The third-order valence-corrected chi connectivity index (χ3v) is 5.18. The maximum Gasteiger partial charge on any atom is 0.253 e. The Kier molecular flexibility index (Phi) is 5.24. The fourth-order valence-electron chi connectivity index (χ4n) is 3.68. The highest BCUT2D eigenvalue weighted by Crippen LogP contribution is 2.31. The van der Waals surface area contributed by atoms with Crippen LogP contribution in [0.1, 0.15) is 36.1 Å². The summed E-state index contributed by atoms with van der Waals surface area (Å²) in [7, 11) is 0. The van der Waals surface area contributed by atoms with Crippen molar-refractivity contribution in [2.45, 2.75) is 25.9 Å². The molecule has 0 aliphatic carbocycles. The Labute approximate surface area is 166 Å². The molecule has 140 valence electrons. The molecule has 1 amide bonds. The summed E-state index contributed by atoms with van der Waals surface area (Å²) in [6.07, 6.45) is 2.82. The lowest BCUT2D eigenvalue weighted by Gasteiger charge is -2.29. The number of rotatable bonds is 5. The second-order valence-electron chi connectivity index (χ2n) is 7.01. The molecule has 28 heavy (non-hydrogen) atoms. The number of para-hydroxylation sites is 1. The molecule has 3 aromatic rings. The van der Waals surface area contributed by atoms with Crippen molar-refractivity contribution in [1.82, 2.24) is 5.32 Å². The SMILES string of the molecule is CC[C@H](NC(=O)C1=CN(c2ccccc2)Cc2ccccc21)c1ccccc1. The average molecular weight is 368 g/mol. The number of amides is 1. The van der Waals surface area contributed by atoms with E-state index < -0.39 is 0 Å². The van der Waals surface area contributed by atoms with Crippen LogP contribution in [0.15, 0.2) is 91.1 Å². The van der Waals surface area contributed by atoms with Gasteiger partial charge in [-0.3, -0.25) is 4.79 Å². The molecule has 0 radical (unpaired) electrons. The lowest BCUT2D eigenvalue weighted by atomic mass is 9.95. The first-order valence-corrected chi connectivity index (χ1v) is 9.74. The molecule has 1 aliphatic heterocycles. The predicted molar refractivity (Wildman–Crippen MR) is 115 cm³/mol. The number of hydrogen-bond acceptors (Lipinski definition) is 2. The minimum Gasteiger partial charge on any atom is -0.345 e. The lowest BCUT2D eigenvalue weighted by molar-refractivity contribution is -0.116. The Balaban J connectivity index is 1.66. The quantitative estimate of drug-likeness (QED) is 0.661. The number of nitrogens with zero attached hydrogens (tertiary/aromatic N) is 1. The molecular formula is C25H24N2O. The van der Waals surface area contributed by atoms with Crippen LogP contribution in [-0.2, 0) is 11.3 Å². The number of anilines is 1. The first-order chi connectivity index (χ1) is 13.8. The van der Waals surface area contributed by atoms with E-state index in [0.29, 0.717) is 5.57 Å². The molecule has 3 aromatic carbocycles. The molecule has 1 atom stereocenters. The fourth-order valence-corrected chi connectivity index (χ4v) is 3.68. The summed E-state index contributed by atoms with van der Waals surface area (Å²) >= 11 is 0. The van der Waals surface area contributed by atoms with Crippen molar-refractivity contribution < 1.29 is 4.79 Å². The zero-order chi connectivity index (χ0) is 19.3. The van der Waals surface area contributed by atoms with Gasteiger partial charge in [0.1, 0.15) is 0 Å². The van der Waals surface area contributed by atoms with Gasteiger partial charge in [0.25, 0.3) is 5.91 Å². The van der Waals surface area contributed by atoms with E-state index in [-0.39, 0.29) is 11.9 Å². The predicted octanol–water partition coefficient (Wildman–Crippen LogP) is 5.32. The number of fused-ring (bicyclic) bond motifs is 1. The normalized spacial score (nSPS) is 14.0. The van der Waals surface area contributed by atoms with Gasteiger partial charge in [-0.05, 0) is 35.2 Å². The van der Waals surface area contributed by atoms with E-state index in [4.69, 9.17) is 0 Å². The van der Waals surface area contributed by atoms with Crippen LogP contribution >= 0.6 is 0 Å². The molecule has 3 heteroatoms. The van der Waals surface area contributed by atoms with Crippen LogP contribution in [0.25, 0.3) is 5.57 Å². The largest absolute Gasteiger partial charge is 0.345 e. The molecule has 0 unspecified atom stereocenters. The van der Waals surface area contributed by atoms with Gasteiger partial charge >= 0.3 is 0 Å². The minimum atomic E-state index is -0.0382. The molecule has 1 heterocycles. The second-order valence-corrected chi connectivity index (χ2v) is 7.01. The monoisotopic (exact) mass is 368 g/mol. The Hall–Kier alpha value is -3.33. The molecular weight excluding hydrogens is 344 g/mol. The zero-order valence-electron chi connectivity index (χ0n) is 16.0. The first-order valence-electron chi connectivity index (χ1n) is 9.74. The smallest absolute Gasteiger partial charge is 0.253 e. The summed E-state index contributed by atoms with van der Waals surface area (Å²) < 4.78 is 0. The van der Waals surface area contributed by atoms with E-state index in [2.05, 4.69) is 47.5 Å². The van der Waals surface area contributed by atoms with Gasteiger partial charge in [-0.25, -0.2) is 0 Å². The third-order valence-electron chi connectivity index (χ3n) is 5.18. The summed E-state index contributed by atoms with van der Waals surface area (Å²) in [6, 6.07) is 28.5. The van der Waals surface area contributed by atoms with Gasteiger partial charge in [-0.2, -0.15) is 0 Å². The molecule has 0 bridgehead atoms. The summed E-state index contributed by atoms with van der Waals surface area (Å²) in [5, 5.41) is 3.23. The highest BCUT2D eigenvalue weighted by atomic mass is 16.1. The van der Waals surface area contributed by atoms with Crippen LogP contribution in [0.4, 0.5) is 5.69 Å². The number of hydrogen-bond donors (Lipinski definition) is 1. The molecule has 0 saturated carbocycles. The minimum absolute atomic E-state index is 0.00568. The van der Waals surface area contributed by atoms with Crippen molar-refractivity contribution in [3.63, 3.8) is 0 Å². The Morgan fingerprint density at radius 1 is 0.929 bits per heavy atom. The van der Waals surface area contributed by atoms with Gasteiger partial charge in [-0.1, -0.05) is 79.7 Å². The molecule has 0 saturated heterocycles. The molecule has 3 nitrogen and oxygen atoms in total. The summed E-state index contributed by atoms with van der Waals surface area (Å²) in [5.74, 6) is -0.0382. The molecule has 1 aliphatic rings. The number of carbonyl (C=O) groups is 1. The topological polar surface area (TPSA) is 32.3 Å². The van der Waals surface area contributed by atoms with E-state index in [0.717, 1.165) is 35.3 Å². The molecule has 0 spiro atoms. The van der Waals surface area contributed by atoms with Crippen LogP contribution in [0, 0.1) is 0 Å². The zero-order valence-corrected chi connectivity index (χ0v) is 16.0. The van der Waals surface area contributed by atoms with Crippen LogP contribution < -0.4 is 10.2 Å². The lowest BCUT2D eigenvalue weighted by Crippen LogP contribution is -2.32. The molecule has 0 aromatic heterocycles. The van der Waals surface area contributed by atoms with Gasteiger partial charge in [0.05, 0.1) is 11.6 Å². The second kappa shape index (κ2) is 8.13. The Bertz CT molecular complexity index is 980. The third kappa shape index (κ3) is 3.70. The van der Waals surface area contributed by atoms with Crippen LogP contribution in [0.5, 0.6) is 0 Å². The van der Waals surface area contributed by atoms with Crippen molar-refractivity contribution >= 4 is 17.2 Å². The summed E-state index contributed by atoms with van der Waals surface area (Å²) in [4.78, 5) is 15.4. The fraction of sp³-hybridized carbons (Fsp3) is 0.160. The molecule has 0 fully saturated rings. The average Bonchev–Trinajstić information content (AvgIpc) is 2.77. The van der Waals surface area contributed by atoms with E-state index in [9.17, 15) is 4.79 Å². The van der Waals surface area contributed by atoms with Crippen molar-refractivity contribution in [3.05, 3.63) is 108 Å². The Morgan fingerprint density at radius 3 is 2.29 bits per heavy atom. The molecule has 1 N–H and O–H groups in total. The van der Waals surface area contributed by atoms with Gasteiger partial charge in [0.2, 0.25) is 0 Å². The standard InChI is InChI=1S/C25H24N2O/c1-2-24(19-11-5-3-6-12-19)26-25(28)23-18-27(21-14-7-4-8-15-21)17-20-13-9-10-16-22(20)23/h3-16,18,24H,2,17H2,1H3,(H,26,28)/t24-/m0/s1. The van der Waals surface area contributed by atoms with Gasteiger partial charge in [0.15, 0.2) is 0 Å². The van der Waals surface area contributed by atoms with E-state index in [1.165, 1.54) is 0 Å². The maximum atomic E-state index is 13.3. The summed E-state index contributed by atoms with van der Waals surface area (Å²) in [5.41, 5.74) is 5.09. The van der Waals surface area contributed by atoms with Crippen molar-refractivity contribution in [3.8, 4) is 0 Å². The highest BCUT2D eigenvalue weighted by Gasteiger charge is 2.24. The summed E-state index contributed by atoms with van der Waals surface area (Å²) in [6.45, 7) is 2.85. The van der Waals surface area contributed by atoms with Gasteiger partial charge in [-0.15, -0.1) is 0 Å². The van der Waals surface area contributed by atoms with E-state index in [1.54, 1.807) is 0 Å². The maximum absolute atomic E-state index is 13.3. The van der Waals surface area contributed by atoms with Crippen LogP contribution in [0.3, 0.4) is 0 Å². The van der Waals surface area contributed by atoms with Crippen molar-refractivity contribution in [2.75, 3.05) is 4.90 Å². The van der Waals surface area contributed by atoms with Crippen LogP contribution in [-0.4, -0.2) is 5.91 Å². The highest BCUT2D eigenvalue weighted by molar-refractivity contribution is 6.20. The van der Waals surface area contributed by atoms with Crippen molar-refractivity contribution in [1.29, 1.82) is 0 Å². The van der Waals surface area contributed by atoms with Gasteiger partial charge < -0.3 is 10.2 Å². The number of carbonyl (C=O) groups excluding carboxylic acids is 1. The van der Waals surface area contributed by atoms with Crippen LogP contribution in [0.2, 0.25) is 0 Å². The van der Waals surface area contributed by atoms with E-state index in [1.807, 2.05) is 60.8 Å². The van der Waals surface area contributed by atoms with Crippen molar-refractivity contribution in [2.24, 2.45) is 0 Å². The number of nitrogens with one attached hydrogen (secondary N) is 1. The molecule has 4 rings (SSSR count). The number of benzene rings is 3. The van der Waals surface area contributed by atoms with Gasteiger partial charge in [0, 0.05) is 18.4 Å². The Morgan fingerprint density at radius 2 is 1.57 bits per heavy atom.